The van der Waals surface area contributed by atoms with Gasteiger partial charge in [0.25, 0.3) is 0 Å². The van der Waals surface area contributed by atoms with Crippen molar-refractivity contribution in [3.8, 4) is 0 Å². The number of carbonyl (C=O) groups is 1. The van der Waals surface area contributed by atoms with Crippen LogP contribution < -0.4 is 10.2 Å². The van der Waals surface area contributed by atoms with Gasteiger partial charge in [-0.2, -0.15) is 0 Å². The smallest absolute Gasteiger partial charge is 0.317 e. The Morgan fingerprint density at radius 3 is 2.77 bits per heavy atom. The summed E-state index contributed by atoms with van der Waals surface area (Å²) in [5.41, 5.74) is 1.29. The number of aryl methyl sites for hydroxylation is 2. The quantitative estimate of drug-likeness (QED) is 0.887. The number of fused-ring (bicyclic) bond motifs is 1. The van der Waals surface area contributed by atoms with Gasteiger partial charge in [0.05, 0.1) is 16.9 Å². The van der Waals surface area contributed by atoms with Gasteiger partial charge < -0.3 is 15.1 Å². The van der Waals surface area contributed by atoms with E-state index in [0.717, 1.165) is 36.8 Å². The Morgan fingerprint density at radius 2 is 2.00 bits per heavy atom. The molecular weight excluding hydrogens is 348 g/mol. The Balaban J connectivity index is 1.21. The van der Waals surface area contributed by atoms with Crippen molar-refractivity contribution in [2.24, 2.45) is 0 Å². The van der Waals surface area contributed by atoms with Gasteiger partial charge >= 0.3 is 6.03 Å². The van der Waals surface area contributed by atoms with Crippen LogP contribution in [0.3, 0.4) is 0 Å². The van der Waals surface area contributed by atoms with E-state index in [-0.39, 0.29) is 6.03 Å². The molecule has 0 unspecified atom stereocenters. The average molecular weight is 372 g/mol. The van der Waals surface area contributed by atoms with Crippen LogP contribution in [0.25, 0.3) is 0 Å². The second-order valence-electron chi connectivity index (χ2n) is 6.70. The monoisotopic (exact) mass is 372 g/mol. The number of nitrogens with zero attached hydrogens (tertiary/aromatic N) is 5. The molecule has 2 aromatic rings. The summed E-state index contributed by atoms with van der Waals surface area (Å²) in [6, 6.07) is 0.0186. The van der Waals surface area contributed by atoms with Crippen LogP contribution in [0.5, 0.6) is 0 Å². The standard InChI is InChI=1S/C18H24N6OS/c25-18(21-6-5-17-22-14-3-1-2-4-15(14)26-17)24-11-9-23(10-12-24)16-13-19-7-8-20-16/h7-8,13H,1-6,9-12H2,(H,21,25). The summed E-state index contributed by atoms with van der Waals surface area (Å²) < 4.78 is 0. The van der Waals surface area contributed by atoms with E-state index >= 15 is 0 Å². The Hall–Kier alpha value is -2.22. The van der Waals surface area contributed by atoms with Gasteiger partial charge in [-0.3, -0.25) is 4.98 Å². The highest BCUT2D eigenvalue weighted by Gasteiger charge is 2.22. The predicted molar refractivity (Wildman–Crippen MR) is 102 cm³/mol. The van der Waals surface area contributed by atoms with E-state index in [2.05, 4.69) is 20.2 Å². The number of carbonyl (C=O) groups excluding carboxylic acids is 1. The summed E-state index contributed by atoms with van der Waals surface area (Å²) >= 11 is 1.82. The van der Waals surface area contributed by atoms with Gasteiger partial charge in [-0.15, -0.1) is 11.3 Å². The van der Waals surface area contributed by atoms with E-state index in [1.54, 1.807) is 18.6 Å². The zero-order valence-corrected chi connectivity index (χ0v) is 15.7. The molecular formula is C18H24N6OS. The molecule has 8 heteroatoms. The third-order valence-corrected chi connectivity index (χ3v) is 6.16. The molecule has 138 valence electrons. The molecule has 1 N–H and O–H groups in total. The van der Waals surface area contributed by atoms with Crippen LogP contribution in [-0.4, -0.2) is 58.6 Å². The molecule has 3 heterocycles. The number of urea groups is 1. The molecule has 26 heavy (non-hydrogen) atoms. The third-order valence-electron chi connectivity index (χ3n) is 4.95. The molecule has 0 saturated carbocycles. The summed E-state index contributed by atoms with van der Waals surface area (Å²) in [4.78, 5) is 31.0. The van der Waals surface area contributed by atoms with Gasteiger partial charge in [-0.25, -0.2) is 14.8 Å². The van der Waals surface area contributed by atoms with Crippen LogP contribution in [0, 0.1) is 0 Å². The summed E-state index contributed by atoms with van der Waals surface area (Å²) in [7, 11) is 0. The topological polar surface area (TPSA) is 74.2 Å². The molecule has 2 amide bonds. The zero-order chi connectivity index (χ0) is 17.8. The van der Waals surface area contributed by atoms with Crippen molar-refractivity contribution in [2.45, 2.75) is 32.1 Å². The van der Waals surface area contributed by atoms with Crippen LogP contribution in [-0.2, 0) is 19.3 Å². The minimum absolute atomic E-state index is 0.0186. The third kappa shape index (κ3) is 3.95. The fourth-order valence-electron chi connectivity index (χ4n) is 3.49. The molecule has 7 nitrogen and oxygen atoms in total. The summed E-state index contributed by atoms with van der Waals surface area (Å²) in [6.45, 7) is 3.62. The first-order valence-corrected chi connectivity index (χ1v) is 10.1. The summed E-state index contributed by atoms with van der Waals surface area (Å²) in [5, 5.41) is 4.20. The van der Waals surface area contributed by atoms with E-state index < -0.39 is 0 Å². The van der Waals surface area contributed by atoms with E-state index in [1.165, 1.54) is 29.8 Å². The van der Waals surface area contributed by atoms with E-state index in [9.17, 15) is 4.79 Å². The van der Waals surface area contributed by atoms with E-state index in [0.29, 0.717) is 19.6 Å². The number of hydrogen-bond donors (Lipinski definition) is 1. The molecule has 4 rings (SSSR count). The van der Waals surface area contributed by atoms with Crippen LogP contribution in [0.1, 0.15) is 28.4 Å². The second kappa shape index (κ2) is 7.99. The van der Waals surface area contributed by atoms with Gasteiger partial charge in [0, 0.05) is 56.4 Å². The fourth-order valence-corrected chi connectivity index (χ4v) is 4.65. The lowest BCUT2D eigenvalue weighted by Crippen LogP contribution is -2.52. The molecule has 2 aliphatic rings. The summed E-state index contributed by atoms with van der Waals surface area (Å²) in [5.74, 6) is 0.875. The van der Waals surface area contributed by atoms with Gasteiger partial charge in [0.2, 0.25) is 0 Å². The lowest BCUT2D eigenvalue weighted by atomic mass is 10.0. The number of hydrogen-bond acceptors (Lipinski definition) is 6. The minimum atomic E-state index is 0.0186. The van der Waals surface area contributed by atoms with E-state index in [4.69, 9.17) is 4.98 Å². The highest BCUT2D eigenvalue weighted by molar-refractivity contribution is 7.11. The highest BCUT2D eigenvalue weighted by atomic mass is 32.1. The molecule has 0 bridgehead atoms. The second-order valence-corrected chi connectivity index (χ2v) is 7.87. The highest BCUT2D eigenvalue weighted by Crippen LogP contribution is 2.26. The summed E-state index contributed by atoms with van der Waals surface area (Å²) in [6.07, 6.45) is 10.8. The van der Waals surface area contributed by atoms with Gasteiger partial charge in [0.15, 0.2) is 0 Å². The van der Waals surface area contributed by atoms with Crippen LogP contribution in [0.2, 0.25) is 0 Å². The van der Waals surface area contributed by atoms with Crippen molar-refractivity contribution in [1.29, 1.82) is 0 Å². The number of anilines is 1. The van der Waals surface area contributed by atoms with Crippen LogP contribution in [0.15, 0.2) is 18.6 Å². The lowest BCUT2D eigenvalue weighted by molar-refractivity contribution is 0.194. The van der Waals surface area contributed by atoms with Crippen molar-refractivity contribution in [1.82, 2.24) is 25.2 Å². The van der Waals surface area contributed by atoms with Crippen LogP contribution >= 0.6 is 11.3 Å². The number of aromatic nitrogens is 3. The largest absolute Gasteiger partial charge is 0.352 e. The molecule has 1 aliphatic heterocycles. The van der Waals surface area contributed by atoms with Gasteiger partial charge in [-0.1, -0.05) is 0 Å². The number of thiazole rings is 1. The van der Waals surface area contributed by atoms with Crippen molar-refractivity contribution >= 4 is 23.2 Å². The number of amides is 2. The Labute approximate surface area is 157 Å². The number of rotatable bonds is 4. The normalized spacial score (nSPS) is 17.1. The first-order valence-electron chi connectivity index (χ1n) is 9.31. The van der Waals surface area contributed by atoms with Crippen molar-refractivity contribution in [2.75, 3.05) is 37.6 Å². The first kappa shape index (κ1) is 17.2. The molecule has 1 fully saturated rings. The maximum atomic E-state index is 12.4. The van der Waals surface area contributed by atoms with Crippen molar-refractivity contribution in [3.05, 3.63) is 34.2 Å². The number of piperazine rings is 1. The average Bonchev–Trinajstić information content (AvgIpc) is 3.11. The van der Waals surface area contributed by atoms with Crippen molar-refractivity contribution < 1.29 is 4.79 Å². The van der Waals surface area contributed by atoms with Crippen molar-refractivity contribution in [3.63, 3.8) is 0 Å². The molecule has 1 saturated heterocycles. The Bertz CT molecular complexity index is 718. The Kier molecular flexibility index (Phi) is 5.29. The SMILES string of the molecule is O=C(NCCc1nc2c(s1)CCCC2)N1CCN(c2cnccn2)CC1. The lowest BCUT2D eigenvalue weighted by Gasteiger charge is -2.35. The first-order chi connectivity index (χ1) is 12.8. The molecule has 1 aliphatic carbocycles. The van der Waals surface area contributed by atoms with E-state index in [1.807, 2.05) is 16.2 Å². The van der Waals surface area contributed by atoms with Gasteiger partial charge in [-0.05, 0) is 25.7 Å². The van der Waals surface area contributed by atoms with Gasteiger partial charge in [0.1, 0.15) is 5.82 Å². The van der Waals surface area contributed by atoms with Crippen LogP contribution in [0.4, 0.5) is 10.6 Å². The maximum absolute atomic E-state index is 12.4. The maximum Gasteiger partial charge on any atom is 0.317 e. The minimum Gasteiger partial charge on any atom is -0.352 e. The predicted octanol–water partition coefficient (Wildman–Crippen LogP) is 1.89. The Morgan fingerprint density at radius 1 is 1.15 bits per heavy atom. The fraction of sp³-hybridized carbons (Fsp3) is 0.556. The molecule has 0 radical (unpaired) electrons. The molecule has 0 atom stereocenters. The number of nitrogens with one attached hydrogen (secondary N) is 1. The zero-order valence-electron chi connectivity index (χ0n) is 14.9. The molecule has 0 aromatic carbocycles. The molecule has 2 aromatic heterocycles. The molecule has 0 spiro atoms.